The van der Waals surface area contributed by atoms with Crippen LogP contribution in [0.3, 0.4) is 0 Å². The molecule has 0 aliphatic carbocycles. The van der Waals surface area contributed by atoms with Gasteiger partial charge in [-0.3, -0.25) is 28.8 Å². The summed E-state index contributed by atoms with van der Waals surface area (Å²) in [5.41, 5.74) is 6.46. The molecule has 1 fully saturated rings. The van der Waals surface area contributed by atoms with Gasteiger partial charge in [0.2, 0.25) is 35.4 Å². The minimum absolute atomic E-state index is 0.0743. The van der Waals surface area contributed by atoms with Gasteiger partial charge in [0.05, 0.1) is 0 Å². The summed E-state index contributed by atoms with van der Waals surface area (Å²) in [7, 11) is 0. The number of hydrogen-bond donors (Lipinski definition) is 7. The molecule has 4 atom stereocenters. The van der Waals surface area contributed by atoms with Crippen LogP contribution in [0, 0.1) is 0 Å². The van der Waals surface area contributed by atoms with Crippen molar-refractivity contribution in [2.45, 2.75) is 115 Å². The van der Waals surface area contributed by atoms with E-state index in [0.29, 0.717) is 32.1 Å². The van der Waals surface area contributed by atoms with Crippen molar-refractivity contribution in [1.29, 1.82) is 0 Å². The standard InChI is InChI=1S/C39H55N7O8/c1-39(2,3)54-38(53)46-29-19-11-13-23-42-33(48)25-32(47)41-22-12-10-18-28(34(40)49)43-37(52)31(24-27-16-8-5-9-17-27)45-36(51)30(44-35(29)50)21-20-26-14-6-4-7-15-26/h4-9,14-17,28-31H,10-13,18-25H2,1-3H3,(H2,40,49)(H,41,47)(H,42,48)(H,43,52)(H,44,50)(H,45,51)(H,46,53)/t28-,29-,30-,31-/m0/s1. The largest absolute Gasteiger partial charge is 0.444 e. The third-order valence-electron chi connectivity index (χ3n) is 8.59. The molecule has 2 aromatic rings. The second-order valence-electron chi connectivity index (χ2n) is 14.4. The van der Waals surface area contributed by atoms with Crippen LogP contribution in [0.4, 0.5) is 4.79 Å². The number of nitrogens with two attached hydrogens (primary N) is 1. The smallest absolute Gasteiger partial charge is 0.408 e. The molecule has 0 bridgehead atoms. The molecule has 0 spiro atoms. The van der Waals surface area contributed by atoms with E-state index in [1.165, 1.54) is 0 Å². The molecule has 3 rings (SSSR count). The Morgan fingerprint density at radius 2 is 1.26 bits per heavy atom. The zero-order valence-corrected chi connectivity index (χ0v) is 31.4. The number of alkyl carbamates (subject to hydrolysis) is 1. The lowest BCUT2D eigenvalue weighted by molar-refractivity contribution is -0.133. The number of benzene rings is 2. The van der Waals surface area contributed by atoms with Crippen LogP contribution in [0.5, 0.6) is 0 Å². The van der Waals surface area contributed by atoms with Gasteiger partial charge in [-0.2, -0.15) is 0 Å². The van der Waals surface area contributed by atoms with E-state index in [-0.39, 0.29) is 45.2 Å². The summed E-state index contributed by atoms with van der Waals surface area (Å²) in [5, 5.41) is 16.3. The Kier molecular flexibility index (Phi) is 17.4. The third-order valence-corrected chi connectivity index (χ3v) is 8.59. The van der Waals surface area contributed by atoms with Crippen LogP contribution in [-0.2, 0) is 46.3 Å². The van der Waals surface area contributed by atoms with E-state index in [4.69, 9.17) is 10.5 Å². The van der Waals surface area contributed by atoms with Gasteiger partial charge >= 0.3 is 6.09 Å². The Hall–Kier alpha value is -5.47. The summed E-state index contributed by atoms with van der Waals surface area (Å²) in [6, 6.07) is 13.9. The van der Waals surface area contributed by atoms with Crippen molar-refractivity contribution in [1.82, 2.24) is 31.9 Å². The second kappa shape index (κ2) is 21.9. The number of carbonyl (C=O) groups is 7. The Morgan fingerprint density at radius 1 is 0.722 bits per heavy atom. The van der Waals surface area contributed by atoms with Gasteiger partial charge in [0.1, 0.15) is 36.2 Å². The Bertz CT molecular complexity index is 1570. The molecule has 1 heterocycles. The van der Waals surface area contributed by atoms with E-state index in [1.807, 2.05) is 36.4 Å². The first kappa shape index (κ1) is 42.9. The van der Waals surface area contributed by atoms with Crippen LogP contribution in [-0.4, -0.2) is 84.4 Å². The number of hydrogen-bond acceptors (Lipinski definition) is 8. The highest BCUT2D eigenvalue weighted by Gasteiger charge is 2.32. The molecule has 2 aromatic carbocycles. The summed E-state index contributed by atoms with van der Waals surface area (Å²) in [4.78, 5) is 91.7. The molecule has 54 heavy (non-hydrogen) atoms. The van der Waals surface area contributed by atoms with Gasteiger partial charge in [-0.05, 0) is 83.3 Å². The summed E-state index contributed by atoms with van der Waals surface area (Å²) in [6.07, 6.45) is 1.44. The van der Waals surface area contributed by atoms with Crippen LogP contribution in [0.15, 0.2) is 60.7 Å². The van der Waals surface area contributed by atoms with Gasteiger partial charge in [-0.15, -0.1) is 0 Å². The second-order valence-corrected chi connectivity index (χ2v) is 14.4. The van der Waals surface area contributed by atoms with Crippen LogP contribution >= 0.6 is 0 Å². The minimum Gasteiger partial charge on any atom is -0.444 e. The predicted octanol–water partition coefficient (Wildman–Crippen LogP) is 1.67. The fourth-order valence-electron chi connectivity index (χ4n) is 5.78. The number of ether oxygens (including phenoxy) is 1. The maximum absolute atomic E-state index is 14.1. The highest BCUT2D eigenvalue weighted by molar-refractivity contribution is 5.97. The van der Waals surface area contributed by atoms with E-state index in [2.05, 4.69) is 31.9 Å². The Morgan fingerprint density at radius 3 is 1.83 bits per heavy atom. The van der Waals surface area contributed by atoms with E-state index < -0.39 is 71.3 Å². The topological polar surface area (TPSA) is 227 Å². The lowest BCUT2D eigenvalue weighted by Gasteiger charge is -2.27. The van der Waals surface area contributed by atoms with Crippen molar-refractivity contribution >= 4 is 41.5 Å². The van der Waals surface area contributed by atoms with Gasteiger partial charge in [-0.1, -0.05) is 60.7 Å². The van der Waals surface area contributed by atoms with E-state index in [1.54, 1.807) is 45.0 Å². The summed E-state index contributed by atoms with van der Waals surface area (Å²) < 4.78 is 5.41. The normalized spacial score (nSPS) is 21.9. The van der Waals surface area contributed by atoms with Crippen LogP contribution in [0.2, 0.25) is 0 Å². The van der Waals surface area contributed by atoms with Gasteiger partial charge < -0.3 is 42.4 Å². The molecule has 294 valence electrons. The van der Waals surface area contributed by atoms with Gasteiger partial charge in [0.25, 0.3) is 0 Å². The quantitative estimate of drug-likeness (QED) is 0.206. The zero-order chi connectivity index (χ0) is 39.5. The molecule has 1 aliphatic rings. The molecule has 1 aliphatic heterocycles. The van der Waals surface area contributed by atoms with Crippen molar-refractivity contribution < 1.29 is 38.3 Å². The number of carbonyl (C=O) groups excluding carboxylic acids is 7. The van der Waals surface area contributed by atoms with Gasteiger partial charge in [0, 0.05) is 19.5 Å². The fraction of sp³-hybridized carbons (Fsp3) is 0.513. The average molecular weight is 750 g/mol. The molecule has 0 unspecified atom stereocenters. The molecular weight excluding hydrogens is 694 g/mol. The summed E-state index contributed by atoms with van der Waals surface area (Å²) in [5.74, 6) is -3.64. The van der Waals surface area contributed by atoms with Crippen molar-refractivity contribution in [3.05, 3.63) is 71.8 Å². The number of rotatable bonds is 7. The molecule has 15 heteroatoms. The summed E-state index contributed by atoms with van der Waals surface area (Å²) >= 11 is 0. The minimum atomic E-state index is -1.15. The number of amides is 7. The molecule has 7 amide bonds. The van der Waals surface area contributed by atoms with Crippen LogP contribution in [0.1, 0.15) is 83.3 Å². The molecular formula is C39H55N7O8. The van der Waals surface area contributed by atoms with Crippen molar-refractivity contribution in [2.75, 3.05) is 13.1 Å². The van der Waals surface area contributed by atoms with E-state index >= 15 is 0 Å². The molecule has 15 nitrogen and oxygen atoms in total. The highest BCUT2D eigenvalue weighted by atomic mass is 16.6. The number of primary amides is 1. The van der Waals surface area contributed by atoms with Crippen molar-refractivity contribution in [2.24, 2.45) is 5.73 Å². The molecule has 8 N–H and O–H groups in total. The van der Waals surface area contributed by atoms with Crippen molar-refractivity contribution in [3.8, 4) is 0 Å². The van der Waals surface area contributed by atoms with E-state index in [0.717, 1.165) is 11.1 Å². The Balaban J connectivity index is 1.94. The number of aryl methyl sites for hydroxylation is 1. The molecule has 0 aromatic heterocycles. The monoisotopic (exact) mass is 749 g/mol. The molecule has 0 saturated carbocycles. The first-order valence-corrected chi connectivity index (χ1v) is 18.5. The fourth-order valence-corrected chi connectivity index (χ4v) is 5.78. The predicted molar refractivity (Wildman–Crippen MR) is 201 cm³/mol. The SMILES string of the molecule is CC(C)(C)OC(=O)N[C@H]1CCCCNC(=O)CC(=O)NCCCC[C@@H](C(N)=O)NC(=O)[C@H](Cc2ccccc2)NC(=O)[C@H](CCc2ccccc2)NC1=O. The van der Waals surface area contributed by atoms with Gasteiger partial charge in [0.15, 0.2) is 0 Å². The average Bonchev–Trinajstić information content (AvgIpc) is 3.11. The molecule has 1 saturated heterocycles. The maximum atomic E-state index is 14.1. The van der Waals surface area contributed by atoms with Crippen LogP contribution in [0.25, 0.3) is 0 Å². The lowest BCUT2D eigenvalue weighted by Crippen LogP contribution is -2.58. The third kappa shape index (κ3) is 16.5. The first-order chi connectivity index (χ1) is 25.7. The number of nitrogens with one attached hydrogen (secondary N) is 6. The highest BCUT2D eigenvalue weighted by Crippen LogP contribution is 2.12. The van der Waals surface area contributed by atoms with E-state index in [9.17, 15) is 33.6 Å². The maximum Gasteiger partial charge on any atom is 0.408 e. The molecule has 0 radical (unpaired) electrons. The van der Waals surface area contributed by atoms with Crippen molar-refractivity contribution in [3.63, 3.8) is 0 Å². The summed E-state index contributed by atoms with van der Waals surface area (Å²) in [6.45, 7) is 5.54. The zero-order valence-electron chi connectivity index (χ0n) is 31.4. The lowest BCUT2D eigenvalue weighted by atomic mass is 10.0. The Labute approximate surface area is 316 Å². The van der Waals surface area contributed by atoms with Gasteiger partial charge in [-0.25, -0.2) is 4.79 Å². The van der Waals surface area contributed by atoms with Crippen LogP contribution < -0.4 is 37.6 Å². The first-order valence-electron chi connectivity index (χ1n) is 18.5.